The Balaban J connectivity index is 3.01. The molecule has 0 aromatic heterocycles. The quantitative estimate of drug-likeness (QED) is 0.865. The summed E-state index contributed by atoms with van der Waals surface area (Å²) in [6.45, 7) is 1.43. The van der Waals surface area contributed by atoms with Gasteiger partial charge in [-0.1, -0.05) is 11.6 Å². The van der Waals surface area contributed by atoms with Gasteiger partial charge in [-0.25, -0.2) is 0 Å². The zero-order chi connectivity index (χ0) is 13.2. The van der Waals surface area contributed by atoms with Gasteiger partial charge >= 0.3 is 6.18 Å². The van der Waals surface area contributed by atoms with Crippen LogP contribution in [0.2, 0.25) is 5.02 Å². The fourth-order valence-electron chi connectivity index (χ4n) is 1.08. The summed E-state index contributed by atoms with van der Waals surface area (Å²) >= 11 is 5.42. The molecule has 1 aromatic carbocycles. The molecule has 7 heteroatoms. The van der Waals surface area contributed by atoms with Crippen LogP contribution in [-0.4, -0.2) is 11.9 Å². The van der Waals surface area contributed by atoms with E-state index in [-0.39, 0.29) is 5.69 Å². The molecule has 0 unspecified atom stereocenters. The first-order valence-electron chi connectivity index (χ1n) is 4.65. The first-order valence-corrected chi connectivity index (χ1v) is 5.03. The van der Waals surface area contributed by atoms with E-state index in [1.807, 2.05) is 0 Å². The van der Waals surface area contributed by atoms with Gasteiger partial charge in [0, 0.05) is 5.69 Å². The molecule has 1 aromatic rings. The van der Waals surface area contributed by atoms with Crippen molar-refractivity contribution in [2.24, 2.45) is 5.73 Å². The van der Waals surface area contributed by atoms with Gasteiger partial charge < -0.3 is 11.1 Å². The molecule has 1 atom stereocenters. The Morgan fingerprint density at radius 3 is 2.53 bits per heavy atom. The SMILES string of the molecule is C[C@@H](N)C(=O)Nc1ccc(Cl)c(C(F)(F)F)c1. The Kier molecular flexibility index (Phi) is 4.00. The number of carbonyl (C=O) groups is 1. The van der Waals surface area contributed by atoms with Gasteiger partial charge in [0.25, 0.3) is 0 Å². The van der Waals surface area contributed by atoms with Crippen LogP contribution >= 0.6 is 11.6 Å². The van der Waals surface area contributed by atoms with Gasteiger partial charge in [-0.2, -0.15) is 13.2 Å². The fraction of sp³-hybridized carbons (Fsp3) is 0.300. The van der Waals surface area contributed by atoms with E-state index in [1.165, 1.54) is 13.0 Å². The zero-order valence-electron chi connectivity index (χ0n) is 8.81. The largest absolute Gasteiger partial charge is 0.417 e. The van der Waals surface area contributed by atoms with Gasteiger partial charge in [0.1, 0.15) is 0 Å². The summed E-state index contributed by atoms with van der Waals surface area (Å²) in [4.78, 5) is 11.2. The summed E-state index contributed by atoms with van der Waals surface area (Å²) in [5.74, 6) is -0.569. The van der Waals surface area contributed by atoms with Crippen LogP contribution in [0.4, 0.5) is 18.9 Å². The molecule has 1 amide bonds. The maximum atomic E-state index is 12.5. The predicted octanol–water partition coefficient (Wildman–Crippen LogP) is 2.64. The van der Waals surface area contributed by atoms with Crippen molar-refractivity contribution in [3.05, 3.63) is 28.8 Å². The average molecular weight is 267 g/mol. The second kappa shape index (κ2) is 4.93. The molecule has 0 bridgehead atoms. The van der Waals surface area contributed by atoms with E-state index in [4.69, 9.17) is 17.3 Å². The van der Waals surface area contributed by atoms with Crippen molar-refractivity contribution in [3.8, 4) is 0 Å². The molecule has 0 heterocycles. The number of rotatable bonds is 2. The highest BCUT2D eigenvalue weighted by molar-refractivity contribution is 6.31. The highest BCUT2D eigenvalue weighted by Gasteiger charge is 2.33. The van der Waals surface area contributed by atoms with Gasteiger partial charge in [0.2, 0.25) is 5.91 Å². The molecule has 0 aliphatic rings. The third-order valence-corrected chi connectivity index (χ3v) is 2.28. The molecule has 0 saturated heterocycles. The number of carbonyl (C=O) groups excluding carboxylic acids is 1. The standard InChI is InChI=1S/C10H10ClF3N2O/c1-5(15)9(17)16-6-2-3-8(11)7(4-6)10(12,13)14/h2-5H,15H2,1H3,(H,16,17)/t5-/m1/s1. The van der Waals surface area contributed by atoms with Crippen LogP contribution < -0.4 is 11.1 Å². The van der Waals surface area contributed by atoms with E-state index in [0.717, 1.165) is 12.1 Å². The van der Waals surface area contributed by atoms with Gasteiger partial charge in [0.05, 0.1) is 16.6 Å². The number of amides is 1. The Bertz CT molecular complexity index is 432. The first kappa shape index (κ1) is 13.8. The summed E-state index contributed by atoms with van der Waals surface area (Å²) in [6.07, 6.45) is -4.56. The maximum Gasteiger partial charge on any atom is 0.417 e. The Hall–Kier alpha value is -1.27. The first-order chi connectivity index (χ1) is 7.71. The second-order valence-electron chi connectivity index (χ2n) is 3.47. The lowest BCUT2D eigenvalue weighted by Gasteiger charge is -2.12. The Morgan fingerprint density at radius 2 is 2.06 bits per heavy atom. The van der Waals surface area contributed by atoms with E-state index in [9.17, 15) is 18.0 Å². The van der Waals surface area contributed by atoms with Crippen molar-refractivity contribution < 1.29 is 18.0 Å². The number of alkyl halides is 3. The molecule has 0 fully saturated rings. The molecule has 0 spiro atoms. The number of halogens is 4. The molecule has 0 aliphatic carbocycles. The lowest BCUT2D eigenvalue weighted by molar-refractivity contribution is -0.137. The minimum absolute atomic E-state index is 0.00373. The number of nitrogens with one attached hydrogen (secondary N) is 1. The van der Waals surface area contributed by atoms with E-state index in [2.05, 4.69) is 5.32 Å². The van der Waals surface area contributed by atoms with Crippen LogP contribution in [-0.2, 0) is 11.0 Å². The molecule has 17 heavy (non-hydrogen) atoms. The molecule has 3 nitrogen and oxygen atoms in total. The van der Waals surface area contributed by atoms with Gasteiger partial charge in [0.15, 0.2) is 0 Å². The minimum Gasteiger partial charge on any atom is -0.325 e. The summed E-state index contributed by atoms with van der Waals surface area (Å²) in [6, 6.07) is 2.31. The van der Waals surface area contributed by atoms with E-state index >= 15 is 0 Å². The number of nitrogens with two attached hydrogens (primary N) is 1. The van der Waals surface area contributed by atoms with Crippen molar-refractivity contribution >= 4 is 23.2 Å². The third kappa shape index (κ3) is 3.61. The molecular weight excluding hydrogens is 257 g/mol. The van der Waals surface area contributed by atoms with Crippen LogP contribution in [0.5, 0.6) is 0 Å². The number of hydrogen-bond donors (Lipinski definition) is 2. The summed E-state index contributed by atoms with van der Waals surface area (Å²) in [7, 11) is 0. The smallest absolute Gasteiger partial charge is 0.325 e. The monoisotopic (exact) mass is 266 g/mol. The van der Waals surface area contributed by atoms with Crippen molar-refractivity contribution in [1.29, 1.82) is 0 Å². The lowest BCUT2D eigenvalue weighted by Crippen LogP contribution is -2.32. The van der Waals surface area contributed by atoms with Crippen LogP contribution in [0.25, 0.3) is 0 Å². The fourth-order valence-corrected chi connectivity index (χ4v) is 1.30. The van der Waals surface area contributed by atoms with Crippen LogP contribution in [0.1, 0.15) is 12.5 Å². The normalized spacial score (nSPS) is 13.3. The van der Waals surface area contributed by atoms with Crippen LogP contribution in [0, 0.1) is 0 Å². The molecule has 1 rings (SSSR count). The maximum absolute atomic E-state index is 12.5. The Labute approximate surface area is 101 Å². The second-order valence-corrected chi connectivity index (χ2v) is 3.88. The summed E-state index contributed by atoms with van der Waals surface area (Å²) < 4.78 is 37.5. The third-order valence-electron chi connectivity index (χ3n) is 1.95. The molecule has 0 aliphatic heterocycles. The van der Waals surface area contributed by atoms with E-state index in [1.54, 1.807) is 0 Å². The lowest BCUT2D eigenvalue weighted by atomic mass is 10.2. The Morgan fingerprint density at radius 1 is 1.47 bits per heavy atom. The minimum atomic E-state index is -4.56. The van der Waals surface area contributed by atoms with Gasteiger partial charge in [-0.15, -0.1) is 0 Å². The molecule has 94 valence electrons. The number of anilines is 1. The van der Waals surface area contributed by atoms with Crippen LogP contribution in [0.15, 0.2) is 18.2 Å². The van der Waals surface area contributed by atoms with E-state index in [0.29, 0.717) is 0 Å². The highest BCUT2D eigenvalue weighted by atomic mass is 35.5. The highest BCUT2D eigenvalue weighted by Crippen LogP contribution is 2.36. The average Bonchev–Trinajstić information content (AvgIpc) is 2.19. The van der Waals surface area contributed by atoms with Crippen LogP contribution in [0.3, 0.4) is 0 Å². The molecular formula is C10H10ClF3N2O. The van der Waals surface area contributed by atoms with Gasteiger partial charge in [-0.05, 0) is 25.1 Å². The molecule has 0 saturated carbocycles. The molecule has 3 N–H and O–H groups in total. The predicted molar refractivity (Wildman–Crippen MR) is 58.7 cm³/mol. The van der Waals surface area contributed by atoms with E-state index < -0.39 is 28.7 Å². The van der Waals surface area contributed by atoms with Crippen molar-refractivity contribution in [1.82, 2.24) is 0 Å². The number of hydrogen-bond acceptors (Lipinski definition) is 2. The topological polar surface area (TPSA) is 55.1 Å². The zero-order valence-corrected chi connectivity index (χ0v) is 9.56. The summed E-state index contributed by atoms with van der Waals surface area (Å²) in [5, 5.41) is 1.84. The molecule has 0 radical (unpaired) electrons. The van der Waals surface area contributed by atoms with Gasteiger partial charge in [-0.3, -0.25) is 4.79 Å². The number of benzene rings is 1. The summed E-state index contributed by atoms with van der Waals surface area (Å²) in [5.41, 5.74) is 4.28. The van der Waals surface area contributed by atoms with Crippen molar-refractivity contribution in [2.75, 3.05) is 5.32 Å². The van der Waals surface area contributed by atoms with Crippen molar-refractivity contribution in [3.63, 3.8) is 0 Å². The van der Waals surface area contributed by atoms with Crippen molar-refractivity contribution in [2.45, 2.75) is 19.1 Å².